The Bertz CT molecular complexity index is 561. The van der Waals surface area contributed by atoms with E-state index in [0.29, 0.717) is 12.2 Å². The molecule has 0 bridgehead atoms. The lowest BCUT2D eigenvalue weighted by Crippen LogP contribution is -2.45. The summed E-state index contributed by atoms with van der Waals surface area (Å²) in [6.45, 7) is 4.04. The lowest BCUT2D eigenvalue weighted by molar-refractivity contribution is 0.0909. The Balaban J connectivity index is 0.00000200. The normalized spacial score (nSPS) is 10.8. The highest BCUT2D eigenvalue weighted by Crippen LogP contribution is 2.18. The molecule has 20 heavy (non-hydrogen) atoms. The Labute approximate surface area is 123 Å². The zero-order chi connectivity index (χ0) is 13.9. The number of nitrogens with two attached hydrogens (primary N) is 1. The topological polar surface area (TPSA) is 81.1 Å². The van der Waals surface area contributed by atoms with Gasteiger partial charge in [0.05, 0.1) is 0 Å². The third-order valence-corrected chi connectivity index (χ3v) is 2.51. The molecule has 1 aromatic carbocycles. The average molecular weight is 296 g/mol. The van der Waals surface area contributed by atoms with E-state index in [-0.39, 0.29) is 24.1 Å². The Hall–Kier alpha value is -1.85. The number of benzene rings is 1. The maximum absolute atomic E-state index is 11.8. The average Bonchev–Trinajstić information content (AvgIpc) is 2.86. The lowest BCUT2D eigenvalue weighted by atomic mass is 10.1. The summed E-state index contributed by atoms with van der Waals surface area (Å²) in [4.78, 5) is 11.8. The van der Waals surface area contributed by atoms with Gasteiger partial charge in [-0.05, 0) is 13.8 Å². The van der Waals surface area contributed by atoms with Crippen molar-refractivity contribution in [3.63, 3.8) is 0 Å². The van der Waals surface area contributed by atoms with Crippen LogP contribution in [0, 0.1) is 0 Å². The van der Waals surface area contributed by atoms with Crippen LogP contribution in [-0.2, 0) is 0 Å². The number of rotatable bonds is 4. The predicted octanol–water partition coefficient (Wildman–Crippen LogP) is 2.23. The first-order valence-corrected chi connectivity index (χ1v) is 6.05. The van der Waals surface area contributed by atoms with Crippen molar-refractivity contribution in [3.8, 4) is 11.3 Å². The number of nitrogens with one attached hydrogen (secondary N) is 1. The van der Waals surface area contributed by atoms with E-state index in [1.807, 2.05) is 44.2 Å². The fourth-order valence-electron chi connectivity index (χ4n) is 1.52. The van der Waals surface area contributed by atoms with Crippen LogP contribution in [0.1, 0.15) is 24.4 Å². The zero-order valence-corrected chi connectivity index (χ0v) is 12.2. The largest absolute Gasteiger partial charge is 0.350 e. The molecule has 0 saturated heterocycles. The minimum absolute atomic E-state index is 0. The van der Waals surface area contributed by atoms with Crippen molar-refractivity contribution in [2.75, 3.05) is 6.54 Å². The molecule has 0 spiro atoms. The van der Waals surface area contributed by atoms with Crippen LogP contribution < -0.4 is 11.1 Å². The van der Waals surface area contributed by atoms with E-state index in [1.54, 1.807) is 6.07 Å². The zero-order valence-electron chi connectivity index (χ0n) is 11.4. The first-order valence-electron chi connectivity index (χ1n) is 6.05. The number of carbonyl (C=O) groups is 1. The number of aromatic nitrogens is 1. The van der Waals surface area contributed by atoms with Gasteiger partial charge in [-0.25, -0.2) is 0 Å². The van der Waals surface area contributed by atoms with Crippen molar-refractivity contribution in [1.82, 2.24) is 10.5 Å². The van der Waals surface area contributed by atoms with E-state index in [4.69, 9.17) is 10.3 Å². The number of hydrogen-bond donors (Lipinski definition) is 2. The third kappa shape index (κ3) is 4.36. The second-order valence-corrected chi connectivity index (χ2v) is 5.11. The van der Waals surface area contributed by atoms with Crippen LogP contribution >= 0.6 is 12.4 Å². The molecule has 1 amide bonds. The van der Waals surface area contributed by atoms with E-state index in [2.05, 4.69) is 10.5 Å². The van der Waals surface area contributed by atoms with E-state index in [1.165, 1.54) is 0 Å². The predicted molar refractivity (Wildman–Crippen MR) is 79.8 cm³/mol. The second kappa shape index (κ2) is 6.54. The van der Waals surface area contributed by atoms with Gasteiger partial charge in [0.25, 0.3) is 5.91 Å². The summed E-state index contributed by atoms with van der Waals surface area (Å²) in [5.41, 5.74) is 6.88. The van der Waals surface area contributed by atoms with E-state index < -0.39 is 5.54 Å². The van der Waals surface area contributed by atoms with Gasteiger partial charge in [-0.1, -0.05) is 35.5 Å². The molecular weight excluding hydrogens is 278 g/mol. The molecule has 0 aliphatic carbocycles. The number of nitrogens with zero attached hydrogens (tertiary/aromatic N) is 1. The molecule has 108 valence electrons. The standard InChI is InChI=1S/C14H17N3O2.ClH/c1-14(2,15)9-16-13(18)12-8-11(17-19-12)10-6-4-3-5-7-10;/h3-8H,9,15H2,1-2H3,(H,16,18);1H. The number of hydrogen-bond acceptors (Lipinski definition) is 4. The molecule has 0 aliphatic heterocycles. The summed E-state index contributed by atoms with van der Waals surface area (Å²) < 4.78 is 5.04. The number of halogens is 1. The van der Waals surface area contributed by atoms with Gasteiger partial charge < -0.3 is 15.6 Å². The summed E-state index contributed by atoms with van der Waals surface area (Å²) in [7, 11) is 0. The van der Waals surface area contributed by atoms with Crippen molar-refractivity contribution >= 4 is 18.3 Å². The van der Waals surface area contributed by atoms with Gasteiger partial charge in [0.2, 0.25) is 5.76 Å². The maximum atomic E-state index is 11.8. The quantitative estimate of drug-likeness (QED) is 0.906. The molecule has 2 rings (SSSR count). The second-order valence-electron chi connectivity index (χ2n) is 5.11. The van der Waals surface area contributed by atoms with Crippen LogP contribution in [0.15, 0.2) is 40.9 Å². The van der Waals surface area contributed by atoms with Crippen LogP contribution in [0.3, 0.4) is 0 Å². The van der Waals surface area contributed by atoms with Crippen molar-refractivity contribution in [3.05, 3.63) is 42.2 Å². The summed E-state index contributed by atoms with van der Waals surface area (Å²) >= 11 is 0. The molecule has 0 radical (unpaired) electrons. The molecule has 3 N–H and O–H groups in total. The summed E-state index contributed by atoms with van der Waals surface area (Å²) in [6, 6.07) is 11.2. The van der Waals surface area contributed by atoms with Gasteiger partial charge in [0.1, 0.15) is 5.69 Å². The van der Waals surface area contributed by atoms with Crippen molar-refractivity contribution < 1.29 is 9.32 Å². The van der Waals surface area contributed by atoms with Crippen LogP contribution in [0.5, 0.6) is 0 Å². The molecule has 0 saturated carbocycles. The smallest absolute Gasteiger partial charge is 0.289 e. The Kier molecular flexibility index (Phi) is 5.30. The molecule has 0 unspecified atom stereocenters. The monoisotopic (exact) mass is 295 g/mol. The first kappa shape index (κ1) is 16.2. The van der Waals surface area contributed by atoms with Crippen LogP contribution in [-0.4, -0.2) is 23.1 Å². The van der Waals surface area contributed by atoms with Crippen molar-refractivity contribution in [2.24, 2.45) is 5.73 Å². The van der Waals surface area contributed by atoms with E-state index >= 15 is 0 Å². The van der Waals surface area contributed by atoms with Crippen molar-refractivity contribution in [1.29, 1.82) is 0 Å². The van der Waals surface area contributed by atoms with Gasteiger partial charge in [0.15, 0.2) is 0 Å². The molecular formula is C14H18ClN3O2. The van der Waals surface area contributed by atoms with Crippen LogP contribution in [0.2, 0.25) is 0 Å². The van der Waals surface area contributed by atoms with Gasteiger partial charge in [-0.15, -0.1) is 12.4 Å². The van der Waals surface area contributed by atoms with Gasteiger partial charge in [-0.2, -0.15) is 0 Å². The highest BCUT2D eigenvalue weighted by atomic mass is 35.5. The minimum atomic E-state index is -0.460. The molecule has 1 heterocycles. The fraction of sp³-hybridized carbons (Fsp3) is 0.286. The molecule has 0 atom stereocenters. The first-order chi connectivity index (χ1) is 8.96. The number of carbonyl (C=O) groups excluding carboxylic acids is 1. The molecule has 6 heteroatoms. The molecule has 1 aromatic heterocycles. The SMILES string of the molecule is CC(C)(N)CNC(=O)c1cc(-c2ccccc2)no1.Cl. The van der Waals surface area contributed by atoms with E-state index in [9.17, 15) is 4.79 Å². The van der Waals surface area contributed by atoms with Gasteiger partial charge in [0, 0.05) is 23.7 Å². The summed E-state index contributed by atoms with van der Waals surface area (Å²) in [5, 5.41) is 6.59. The molecule has 2 aromatic rings. The van der Waals surface area contributed by atoms with Crippen LogP contribution in [0.4, 0.5) is 0 Å². The summed E-state index contributed by atoms with van der Waals surface area (Å²) in [6.07, 6.45) is 0. The number of amides is 1. The minimum Gasteiger partial charge on any atom is -0.350 e. The Morgan fingerprint density at radius 2 is 2.00 bits per heavy atom. The molecule has 0 fully saturated rings. The van der Waals surface area contributed by atoms with Crippen LogP contribution in [0.25, 0.3) is 11.3 Å². The Morgan fingerprint density at radius 1 is 1.35 bits per heavy atom. The molecule has 0 aliphatic rings. The Morgan fingerprint density at radius 3 is 2.60 bits per heavy atom. The summed E-state index contributed by atoms with van der Waals surface area (Å²) in [5.74, 6) is -0.128. The molecule has 5 nitrogen and oxygen atoms in total. The van der Waals surface area contributed by atoms with E-state index in [0.717, 1.165) is 5.56 Å². The highest BCUT2D eigenvalue weighted by Gasteiger charge is 2.17. The highest BCUT2D eigenvalue weighted by molar-refractivity contribution is 5.92. The maximum Gasteiger partial charge on any atom is 0.289 e. The fourth-order valence-corrected chi connectivity index (χ4v) is 1.52. The lowest BCUT2D eigenvalue weighted by Gasteiger charge is -2.18. The van der Waals surface area contributed by atoms with Gasteiger partial charge in [-0.3, -0.25) is 4.79 Å². The van der Waals surface area contributed by atoms with Crippen molar-refractivity contribution in [2.45, 2.75) is 19.4 Å². The third-order valence-electron chi connectivity index (χ3n) is 2.51. The van der Waals surface area contributed by atoms with Gasteiger partial charge >= 0.3 is 0 Å².